The Morgan fingerprint density at radius 1 is 1.00 bits per heavy atom. The van der Waals surface area contributed by atoms with Gasteiger partial charge in [-0.2, -0.15) is 0 Å². The molecule has 0 spiro atoms. The van der Waals surface area contributed by atoms with Crippen LogP contribution < -0.4 is 5.32 Å². The quantitative estimate of drug-likeness (QED) is 0.0753. The van der Waals surface area contributed by atoms with Crippen LogP contribution in [0.15, 0.2) is 18.3 Å². The van der Waals surface area contributed by atoms with Gasteiger partial charge in [-0.15, -0.1) is 5.10 Å². The first kappa shape index (κ1) is 50.1. The van der Waals surface area contributed by atoms with Crippen molar-refractivity contribution in [1.29, 1.82) is 0 Å². The lowest BCUT2D eigenvalue weighted by Gasteiger charge is -2.39. The Bertz CT molecular complexity index is 1690. The summed E-state index contributed by atoms with van der Waals surface area (Å²) in [5, 5.41) is 10.8. The van der Waals surface area contributed by atoms with Gasteiger partial charge in [-0.25, -0.2) is 4.68 Å². The number of hydrogen-bond donors (Lipinski definition) is 1. The fourth-order valence-electron chi connectivity index (χ4n) is 9.23. The summed E-state index contributed by atoms with van der Waals surface area (Å²) in [6.45, 7) is 9.18. The van der Waals surface area contributed by atoms with E-state index in [9.17, 15) is 33.6 Å². The topological polar surface area (TPSA) is 212 Å². The van der Waals surface area contributed by atoms with Crippen molar-refractivity contribution in [2.45, 2.75) is 129 Å². The SMILES string of the molecule is C/C=C\C(=O)N(C=O)Cc1cn(CCOCCOCCC(=O)N2C3CCC(C3)C2C(=O)NCC(=O)N(C)C(C(C)CC)C(CC(=O)N2CCCC2C(OC)C(C)C=O)OC)nn1. The van der Waals surface area contributed by atoms with E-state index in [4.69, 9.17) is 18.9 Å². The summed E-state index contributed by atoms with van der Waals surface area (Å²) in [6.07, 6.45) is 9.51. The lowest BCUT2D eigenvalue weighted by molar-refractivity contribution is -0.146. The fraction of sp³-hybridized carbons (Fsp3) is 0.744. The van der Waals surface area contributed by atoms with Gasteiger partial charge in [0.25, 0.3) is 5.91 Å². The molecule has 6 amide bonds. The molecule has 2 aliphatic heterocycles. The predicted octanol–water partition coefficient (Wildman–Crippen LogP) is 1.38. The van der Waals surface area contributed by atoms with Crippen LogP contribution in [0.25, 0.3) is 0 Å². The number of nitrogens with zero attached hydrogens (tertiary/aromatic N) is 7. The van der Waals surface area contributed by atoms with Crippen molar-refractivity contribution in [3.05, 3.63) is 24.0 Å². The number of carbonyl (C=O) groups excluding carboxylic acids is 7. The third kappa shape index (κ3) is 13.0. The van der Waals surface area contributed by atoms with E-state index in [0.717, 1.165) is 49.7 Å². The molecule has 19 nitrogen and oxygen atoms in total. The average Bonchev–Trinajstić information content (AvgIpc) is 4.11. The monoisotopic (exact) mass is 873 g/mol. The van der Waals surface area contributed by atoms with Crippen LogP contribution >= 0.6 is 0 Å². The Morgan fingerprint density at radius 2 is 1.74 bits per heavy atom. The van der Waals surface area contributed by atoms with Gasteiger partial charge in [-0.3, -0.25) is 33.7 Å². The number of carbonyl (C=O) groups is 7. The molecule has 1 aromatic rings. The van der Waals surface area contributed by atoms with Crippen molar-refractivity contribution >= 4 is 42.2 Å². The van der Waals surface area contributed by atoms with E-state index < -0.39 is 30.2 Å². The molecule has 4 rings (SSSR count). The van der Waals surface area contributed by atoms with Crippen molar-refractivity contribution in [2.24, 2.45) is 17.8 Å². The van der Waals surface area contributed by atoms with Gasteiger partial charge in [0.15, 0.2) is 0 Å². The highest BCUT2D eigenvalue weighted by molar-refractivity contribution is 5.94. The number of methoxy groups -OCH3 is 2. The van der Waals surface area contributed by atoms with Gasteiger partial charge in [0.1, 0.15) is 18.0 Å². The Balaban J connectivity index is 1.22. The van der Waals surface area contributed by atoms with Crippen LogP contribution in [-0.2, 0) is 65.6 Å². The highest BCUT2D eigenvalue weighted by Gasteiger charge is 2.51. The fourth-order valence-corrected chi connectivity index (χ4v) is 9.23. The number of nitrogens with one attached hydrogen (secondary N) is 1. The lowest BCUT2D eigenvalue weighted by atomic mass is 9.90. The van der Waals surface area contributed by atoms with Crippen LogP contribution in [0.3, 0.4) is 0 Å². The Kier molecular flexibility index (Phi) is 20.1. The number of ether oxygens (including phenoxy) is 4. The van der Waals surface area contributed by atoms with E-state index in [1.807, 2.05) is 13.8 Å². The number of piperidine rings is 1. The first-order valence-electron chi connectivity index (χ1n) is 21.9. The zero-order valence-corrected chi connectivity index (χ0v) is 37.5. The third-order valence-corrected chi connectivity index (χ3v) is 12.6. The molecule has 1 N–H and O–H groups in total. The van der Waals surface area contributed by atoms with Crippen LogP contribution in [0.4, 0.5) is 0 Å². The van der Waals surface area contributed by atoms with Gasteiger partial charge in [-0.05, 0) is 56.9 Å². The predicted molar refractivity (Wildman–Crippen MR) is 225 cm³/mol. The molecule has 62 heavy (non-hydrogen) atoms. The van der Waals surface area contributed by atoms with E-state index in [2.05, 4.69) is 15.6 Å². The van der Waals surface area contributed by atoms with Crippen molar-refractivity contribution in [3.63, 3.8) is 0 Å². The molecule has 19 heteroatoms. The van der Waals surface area contributed by atoms with E-state index >= 15 is 0 Å². The van der Waals surface area contributed by atoms with Crippen LogP contribution in [0.5, 0.6) is 0 Å². The smallest absolute Gasteiger partial charge is 0.252 e. The van der Waals surface area contributed by atoms with Gasteiger partial charge >= 0.3 is 0 Å². The number of likely N-dealkylation sites (N-methyl/N-ethyl adjacent to an activating group) is 1. The number of imide groups is 1. The van der Waals surface area contributed by atoms with Crippen LogP contribution in [0, 0.1) is 17.8 Å². The summed E-state index contributed by atoms with van der Waals surface area (Å²) in [4.78, 5) is 95.6. The molecule has 1 saturated carbocycles. The molecule has 346 valence electrons. The Labute approximate surface area is 365 Å². The van der Waals surface area contributed by atoms with Crippen LogP contribution in [0.1, 0.15) is 84.8 Å². The summed E-state index contributed by atoms with van der Waals surface area (Å²) < 4.78 is 24.4. The highest BCUT2D eigenvalue weighted by Crippen LogP contribution is 2.43. The molecule has 2 saturated heterocycles. The maximum atomic E-state index is 13.8. The minimum atomic E-state index is -0.670. The van der Waals surface area contributed by atoms with Crippen molar-refractivity contribution < 1.29 is 52.5 Å². The normalized spacial score (nSPS) is 22.0. The summed E-state index contributed by atoms with van der Waals surface area (Å²) in [7, 11) is 4.76. The number of allylic oxidation sites excluding steroid dienone is 1. The van der Waals surface area contributed by atoms with Gasteiger partial charge in [0, 0.05) is 39.8 Å². The Morgan fingerprint density at radius 3 is 2.40 bits per heavy atom. The zero-order chi connectivity index (χ0) is 45.3. The van der Waals surface area contributed by atoms with E-state index in [1.165, 1.54) is 13.2 Å². The maximum Gasteiger partial charge on any atom is 0.252 e. The van der Waals surface area contributed by atoms with Crippen LogP contribution in [-0.4, -0.2) is 174 Å². The first-order valence-corrected chi connectivity index (χ1v) is 21.9. The molecule has 3 fully saturated rings. The van der Waals surface area contributed by atoms with Gasteiger partial charge in [0.2, 0.25) is 30.0 Å². The van der Waals surface area contributed by atoms with Gasteiger partial charge in [-0.1, -0.05) is 38.5 Å². The summed E-state index contributed by atoms with van der Waals surface area (Å²) in [6, 6.07) is -1.41. The molecule has 0 radical (unpaired) electrons. The molecule has 1 aromatic heterocycles. The number of likely N-dealkylation sites (tertiary alicyclic amines) is 2. The molecule has 3 aliphatic rings. The standard InChI is InChI=1S/C43H68N8O11/c1-8-11-36(54)48(28-53)25-32-26-49(46-45-32)17-19-62-21-20-61-18-15-37(55)51-33-14-13-31(22-33)41(51)43(58)44-24-39(57)47(5)40(29(3)9-2)35(59-6)23-38(56)50-16-10-12-34(50)42(60-7)30(4)27-52/h8,11,26-31,33-35,40-42H,9-10,12-25H2,1-7H3,(H,44,58)/b11-8-. The number of rotatable bonds is 27. The second-order valence-corrected chi connectivity index (χ2v) is 16.6. The summed E-state index contributed by atoms with van der Waals surface area (Å²) >= 11 is 0. The molecule has 0 aromatic carbocycles. The molecule has 9 atom stereocenters. The summed E-state index contributed by atoms with van der Waals surface area (Å²) in [5.41, 5.74) is 0.458. The largest absolute Gasteiger partial charge is 0.379 e. The molecule has 9 unspecified atom stereocenters. The maximum absolute atomic E-state index is 13.8. The number of amides is 6. The van der Waals surface area contributed by atoms with Crippen molar-refractivity contribution in [3.8, 4) is 0 Å². The van der Waals surface area contributed by atoms with Gasteiger partial charge in [0.05, 0.1) is 89.4 Å². The molecule has 1 aliphatic carbocycles. The molecular formula is C43H68N8O11. The first-order chi connectivity index (χ1) is 29.8. The van der Waals surface area contributed by atoms with E-state index in [1.54, 1.807) is 59.7 Å². The highest BCUT2D eigenvalue weighted by atomic mass is 16.5. The van der Waals surface area contributed by atoms with E-state index in [0.29, 0.717) is 31.8 Å². The van der Waals surface area contributed by atoms with Crippen LogP contribution in [0.2, 0.25) is 0 Å². The number of hydrogen-bond acceptors (Lipinski definition) is 13. The van der Waals surface area contributed by atoms with E-state index in [-0.39, 0.29) is 99.2 Å². The molecule has 3 heterocycles. The number of aromatic nitrogens is 3. The number of aldehydes is 1. The minimum absolute atomic E-state index is 0.00434. The second-order valence-electron chi connectivity index (χ2n) is 16.6. The lowest BCUT2D eigenvalue weighted by Crippen LogP contribution is -2.56. The zero-order valence-electron chi connectivity index (χ0n) is 37.5. The average molecular weight is 873 g/mol. The molecule has 2 bridgehead atoms. The second kappa shape index (κ2) is 24.9. The van der Waals surface area contributed by atoms with Crippen molar-refractivity contribution in [1.82, 2.24) is 39.9 Å². The summed E-state index contributed by atoms with van der Waals surface area (Å²) in [5.74, 6) is -1.84. The Hall–Kier alpha value is -4.59. The minimum Gasteiger partial charge on any atom is -0.379 e. The van der Waals surface area contributed by atoms with Gasteiger partial charge < -0.3 is 43.8 Å². The number of fused-ring (bicyclic) bond motifs is 2. The molecular weight excluding hydrogens is 805 g/mol. The third-order valence-electron chi connectivity index (χ3n) is 12.6. The van der Waals surface area contributed by atoms with Crippen molar-refractivity contribution in [2.75, 3.05) is 60.8 Å².